The zero-order chi connectivity index (χ0) is 16.8. The van der Waals surface area contributed by atoms with Crippen LogP contribution in [-0.2, 0) is 11.2 Å². The van der Waals surface area contributed by atoms with Gasteiger partial charge in [-0.05, 0) is 49.9 Å². The summed E-state index contributed by atoms with van der Waals surface area (Å²) in [5.74, 6) is 0.733. The molecule has 6 heteroatoms. The highest BCUT2D eigenvalue weighted by Gasteiger charge is 2.15. The van der Waals surface area contributed by atoms with Gasteiger partial charge < -0.3 is 10.6 Å². The van der Waals surface area contributed by atoms with Gasteiger partial charge in [0, 0.05) is 28.9 Å². The second-order valence-electron chi connectivity index (χ2n) is 6.18. The number of amides is 1. The Hall–Kier alpha value is -1.43. The number of nitrogens with one attached hydrogen (secondary N) is 2. The second-order valence-corrected chi connectivity index (χ2v) is 7.70. The van der Waals surface area contributed by atoms with Crippen LogP contribution in [0.15, 0.2) is 30.5 Å². The molecule has 2 N–H and O–H groups in total. The minimum Gasteiger partial charge on any atom is -0.317 e. The van der Waals surface area contributed by atoms with Crippen molar-refractivity contribution in [2.45, 2.75) is 32.1 Å². The van der Waals surface area contributed by atoms with E-state index in [9.17, 15) is 4.79 Å². The van der Waals surface area contributed by atoms with Gasteiger partial charge in [0.1, 0.15) is 0 Å². The van der Waals surface area contributed by atoms with Crippen LogP contribution in [-0.4, -0.2) is 24.0 Å². The molecule has 1 aromatic carbocycles. The highest BCUT2D eigenvalue weighted by molar-refractivity contribution is 7.15. The summed E-state index contributed by atoms with van der Waals surface area (Å²) in [6, 6.07) is 7.80. The Morgan fingerprint density at radius 3 is 2.92 bits per heavy atom. The van der Waals surface area contributed by atoms with Crippen molar-refractivity contribution in [3.63, 3.8) is 0 Å². The molecule has 2 aromatic rings. The molecule has 1 saturated heterocycles. The molecule has 4 nitrogen and oxygen atoms in total. The Balaban J connectivity index is 1.48. The number of piperidine rings is 1. The van der Waals surface area contributed by atoms with E-state index in [1.165, 1.54) is 24.2 Å². The van der Waals surface area contributed by atoms with Crippen molar-refractivity contribution in [1.29, 1.82) is 0 Å². The van der Waals surface area contributed by atoms with E-state index < -0.39 is 0 Å². The smallest absolute Gasteiger partial charge is 0.226 e. The van der Waals surface area contributed by atoms with Gasteiger partial charge in [-0.1, -0.05) is 29.8 Å². The minimum atomic E-state index is 0.0622. The molecule has 0 saturated carbocycles. The first-order chi connectivity index (χ1) is 11.7. The maximum Gasteiger partial charge on any atom is 0.226 e. The number of aromatic nitrogens is 1. The number of thiazole rings is 1. The van der Waals surface area contributed by atoms with Gasteiger partial charge in [-0.2, -0.15) is 0 Å². The minimum absolute atomic E-state index is 0.0622. The highest BCUT2D eigenvalue weighted by atomic mass is 35.5. The summed E-state index contributed by atoms with van der Waals surface area (Å²) in [7, 11) is 0. The van der Waals surface area contributed by atoms with Crippen LogP contribution in [0.4, 0.5) is 5.13 Å². The summed E-state index contributed by atoms with van der Waals surface area (Å²) in [5.41, 5.74) is 1.08. The number of carbonyl (C=O) groups is 1. The normalized spacial score (nSPS) is 15.4. The van der Waals surface area contributed by atoms with Crippen molar-refractivity contribution in [2.75, 3.05) is 18.4 Å². The van der Waals surface area contributed by atoms with Gasteiger partial charge >= 0.3 is 0 Å². The molecule has 3 rings (SSSR count). The molecule has 0 spiro atoms. The third-order valence-electron chi connectivity index (χ3n) is 4.36. The fourth-order valence-corrected chi connectivity index (χ4v) is 4.02. The maximum absolute atomic E-state index is 12.1. The molecular weight excluding hydrogens is 342 g/mol. The van der Waals surface area contributed by atoms with Crippen molar-refractivity contribution in [3.8, 4) is 0 Å². The van der Waals surface area contributed by atoms with E-state index in [4.69, 9.17) is 11.6 Å². The van der Waals surface area contributed by atoms with E-state index in [1.807, 2.05) is 30.5 Å². The Morgan fingerprint density at radius 2 is 2.12 bits per heavy atom. The van der Waals surface area contributed by atoms with Gasteiger partial charge in [-0.15, -0.1) is 11.3 Å². The first-order valence-corrected chi connectivity index (χ1v) is 9.59. The van der Waals surface area contributed by atoms with E-state index in [0.717, 1.165) is 41.4 Å². The van der Waals surface area contributed by atoms with Crippen molar-refractivity contribution < 1.29 is 4.79 Å². The average molecular weight is 364 g/mol. The number of benzene rings is 1. The molecule has 0 unspecified atom stereocenters. The number of carbonyl (C=O) groups excluding carboxylic acids is 1. The molecule has 1 aromatic heterocycles. The summed E-state index contributed by atoms with van der Waals surface area (Å²) in [6.45, 7) is 2.15. The van der Waals surface area contributed by atoms with Crippen molar-refractivity contribution in [3.05, 3.63) is 45.9 Å². The molecule has 2 heterocycles. The van der Waals surface area contributed by atoms with Crippen molar-refractivity contribution in [2.24, 2.45) is 5.92 Å². The molecule has 1 fully saturated rings. The third-order valence-corrected chi connectivity index (χ3v) is 5.64. The van der Waals surface area contributed by atoms with Crippen molar-refractivity contribution in [1.82, 2.24) is 10.3 Å². The highest BCUT2D eigenvalue weighted by Crippen LogP contribution is 2.25. The molecule has 1 amide bonds. The fraction of sp³-hybridized carbons (Fsp3) is 0.444. The van der Waals surface area contributed by atoms with Crippen LogP contribution in [0.3, 0.4) is 0 Å². The lowest BCUT2D eigenvalue weighted by molar-refractivity contribution is -0.116. The number of hydrogen-bond acceptors (Lipinski definition) is 4. The number of hydrogen-bond donors (Lipinski definition) is 2. The van der Waals surface area contributed by atoms with Crippen LogP contribution in [0.5, 0.6) is 0 Å². The first-order valence-electron chi connectivity index (χ1n) is 8.39. The van der Waals surface area contributed by atoms with Gasteiger partial charge in [0.15, 0.2) is 5.13 Å². The molecule has 0 atom stereocenters. The molecule has 0 bridgehead atoms. The van der Waals surface area contributed by atoms with Crippen molar-refractivity contribution >= 4 is 34.0 Å². The molecule has 1 aliphatic heterocycles. The van der Waals surface area contributed by atoms with E-state index in [-0.39, 0.29) is 5.91 Å². The standard InChI is InChI=1S/C18H22ClN3OS/c19-16-4-2-1-3-14(16)11-15-12-21-18(24-15)22-17(23)6-5-13-7-9-20-10-8-13/h1-4,12-13,20H,5-11H2,(H,21,22,23). The fourth-order valence-electron chi connectivity index (χ4n) is 2.96. The van der Waals surface area contributed by atoms with Crippen LogP contribution >= 0.6 is 22.9 Å². The van der Waals surface area contributed by atoms with Gasteiger partial charge in [-0.25, -0.2) is 4.98 Å². The van der Waals surface area contributed by atoms with Gasteiger partial charge in [-0.3, -0.25) is 4.79 Å². The number of rotatable bonds is 6. The van der Waals surface area contributed by atoms with Crippen LogP contribution in [0, 0.1) is 5.92 Å². The van der Waals surface area contributed by atoms with Crippen LogP contribution < -0.4 is 10.6 Å². The quantitative estimate of drug-likeness (QED) is 0.812. The van der Waals surface area contributed by atoms with Gasteiger partial charge in [0.05, 0.1) is 0 Å². The number of anilines is 1. The van der Waals surface area contributed by atoms with E-state index >= 15 is 0 Å². The van der Waals surface area contributed by atoms with E-state index in [2.05, 4.69) is 15.6 Å². The monoisotopic (exact) mass is 363 g/mol. The lowest BCUT2D eigenvalue weighted by Crippen LogP contribution is -2.28. The molecule has 128 valence electrons. The summed E-state index contributed by atoms with van der Waals surface area (Å²) in [4.78, 5) is 17.5. The Morgan fingerprint density at radius 1 is 1.33 bits per heavy atom. The summed E-state index contributed by atoms with van der Waals surface area (Å²) < 4.78 is 0. The Kier molecular flexibility index (Phi) is 6.24. The number of nitrogens with zero attached hydrogens (tertiary/aromatic N) is 1. The SMILES string of the molecule is O=C(CCC1CCNCC1)Nc1ncc(Cc2ccccc2Cl)s1. The molecule has 24 heavy (non-hydrogen) atoms. The van der Waals surface area contributed by atoms with Crippen LogP contribution in [0.2, 0.25) is 5.02 Å². The lowest BCUT2D eigenvalue weighted by Gasteiger charge is -2.21. The lowest BCUT2D eigenvalue weighted by atomic mass is 9.93. The molecular formula is C18H22ClN3OS. The summed E-state index contributed by atoms with van der Waals surface area (Å²) >= 11 is 7.70. The first kappa shape index (κ1) is 17.4. The van der Waals surface area contributed by atoms with Gasteiger partial charge in [0.25, 0.3) is 0 Å². The van der Waals surface area contributed by atoms with Gasteiger partial charge in [0.2, 0.25) is 5.91 Å². The van der Waals surface area contributed by atoms with E-state index in [1.54, 1.807) is 0 Å². The topological polar surface area (TPSA) is 54.0 Å². The Bertz CT molecular complexity index is 682. The van der Waals surface area contributed by atoms with E-state index in [0.29, 0.717) is 17.5 Å². The predicted molar refractivity (Wildman–Crippen MR) is 99.8 cm³/mol. The maximum atomic E-state index is 12.1. The van der Waals surface area contributed by atoms with Crippen LogP contribution in [0.1, 0.15) is 36.1 Å². The summed E-state index contributed by atoms with van der Waals surface area (Å²) in [5, 5.41) is 7.71. The van der Waals surface area contributed by atoms with Crippen LogP contribution in [0.25, 0.3) is 0 Å². The average Bonchev–Trinajstić information content (AvgIpc) is 3.03. The summed E-state index contributed by atoms with van der Waals surface area (Å²) in [6.07, 6.45) is 6.44. The third kappa shape index (κ3) is 5.03. The molecule has 0 radical (unpaired) electrons. The second kappa shape index (κ2) is 8.60. The zero-order valence-electron chi connectivity index (χ0n) is 13.6. The largest absolute Gasteiger partial charge is 0.317 e. The Labute approximate surface area is 151 Å². The molecule has 1 aliphatic rings. The molecule has 0 aliphatic carbocycles. The zero-order valence-corrected chi connectivity index (χ0v) is 15.1. The number of halogens is 1. The predicted octanol–water partition coefficient (Wildman–Crippen LogP) is 4.11.